The van der Waals surface area contributed by atoms with E-state index in [1.165, 1.54) is 17.6 Å². The van der Waals surface area contributed by atoms with Gasteiger partial charge in [0.15, 0.2) is 5.65 Å². The summed E-state index contributed by atoms with van der Waals surface area (Å²) in [5.74, 6) is 0. The molecule has 0 fully saturated rings. The predicted molar refractivity (Wildman–Crippen MR) is 96.3 cm³/mol. The number of nitrogens with zero attached hydrogens (tertiary/aromatic N) is 3. The average molecular weight is 373 g/mol. The summed E-state index contributed by atoms with van der Waals surface area (Å²) in [6, 6.07) is 8.64. The van der Waals surface area contributed by atoms with Crippen LogP contribution in [0.4, 0.5) is 0 Å². The number of aromatic nitrogens is 3. The van der Waals surface area contributed by atoms with E-state index in [4.69, 9.17) is 0 Å². The van der Waals surface area contributed by atoms with Crippen molar-refractivity contribution in [1.29, 1.82) is 0 Å². The number of aromatic amines is 1. The molecule has 0 saturated carbocycles. The molecule has 4 rings (SSSR count). The van der Waals surface area contributed by atoms with Crippen molar-refractivity contribution in [2.24, 2.45) is 0 Å². The zero-order chi connectivity index (χ0) is 18.3. The SMILES string of the molecule is CNS(=O)(=O)c1cccc2c1CCN(Cc1cc(=O)n3[nH]ccc3n1)C2. The van der Waals surface area contributed by atoms with Gasteiger partial charge in [-0.2, -0.15) is 0 Å². The fourth-order valence-corrected chi connectivity index (χ4v) is 4.45. The van der Waals surface area contributed by atoms with E-state index >= 15 is 0 Å². The van der Waals surface area contributed by atoms with Crippen LogP contribution in [0.15, 0.2) is 46.2 Å². The fourth-order valence-electron chi connectivity index (χ4n) is 3.42. The van der Waals surface area contributed by atoms with Gasteiger partial charge in [-0.25, -0.2) is 22.6 Å². The average Bonchev–Trinajstić information content (AvgIpc) is 3.10. The molecule has 0 unspecified atom stereocenters. The predicted octanol–water partition coefficient (Wildman–Crippen LogP) is 0.489. The van der Waals surface area contributed by atoms with Crippen LogP contribution < -0.4 is 10.3 Å². The van der Waals surface area contributed by atoms with E-state index in [2.05, 4.69) is 19.7 Å². The lowest BCUT2D eigenvalue weighted by Crippen LogP contribution is -2.32. The zero-order valence-corrected chi connectivity index (χ0v) is 15.1. The molecule has 1 aliphatic rings. The van der Waals surface area contributed by atoms with Crippen molar-refractivity contribution in [3.63, 3.8) is 0 Å². The maximum Gasteiger partial charge on any atom is 0.272 e. The maximum absolute atomic E-state index is 12.2. The van der Waals surface area contributed by atoms with Gasteiger partial charge in [-0.3, -0.25) is 14.8 Å². The Kier molecular flexibility index (Phi) is 4.14. The third-order valence-corrected chi connectivity index (χ3v) is 6.18. The van der Waals surface area contributed by atoms with Crippen molar-refractivity contribution in [2.45, 2.75) is 24.4 Å². The molecular formula is C17H19N5O3S. The van der Waals surface area contributed by atoms with Gasteiger partial charge in [0, 0.05) is 38.0 Å². The molecule has 136 valence electrons. The number of H-pyrrole nitrogens is 1. The first-order chi connectivity index (χ1) is 12.5. The lowest BCUT2D eigenvalue weighted by molar-refractivity contribution is 0.241. The molecule has 0 amide bonds. The lowest BCUT2D eigenvalue weighted by Gasteiger charge is -2.29. The summed E-state index contributed by atoms with van der Waals surface area (Å²) < 4.78 is 28.2. The highest BCUT2D eigenvalue weighted by Gasteiger charge is 2.24. The van der Waals surface area contributed by atoms with Crippen LogP contribution in [-0.4, -0.2) is 41.5 Å². The van der Waals surface area contributed by atoms with Gasteiger partial charge < -0.3 is 0 Å². The minimum Gasteiger partial charge on any atom is -0.297 e. The number of hydrogen-bond donors (Lipinski definition) is 2. The quantitative estimate of drug-likeness (QED) is 0.693. The highest BCUT2D eigenvalue weighted by atomic mass is 32.2. The first-order valence-corrected chi connectivity index (χ1v) is 9.79. The van der Waals surface area contributed by atoms with Crippen molar-refractivity contribution in [1.82, 2.24) is 24.2 Å². The van der Waals surface area contributed by atoms with E-state index in [1.807, 2.05) is 6.07 Å². The van der Waals surface area contributed by atoms with Gasteiger partial charge in [0.05, 0.1) is 10.6 Å². The molecule has 0 spiro atoms. The van der Waals surface area contributed by atoms with E-state index in [1.54, 1.807) is 24.4 Å². The fraction of sp³-hybridized carbons (Fsp3) is 0.294. The smallest absolute Gasteiger partial charge is 0.272 e. The van der Waals surface area contributed by atoms with Crippen LogP contribution >= 0.6 is 0 Å². The summed E-state index contributed by atoms with van der Waals surface area (Å²) in [6.45, 7) is 1.87. The van der Waals surface area contributed by atoms with E-state index in [9.17, 15) is 13.2 Å². The summed E-state index contributed by atoms with van der Waals surface area (Å²) in [7, 11) is -2.05. The number of benzene rings is 1. The van der Waals surface area contributed by atoms with Crippen LogP contribution in [-0.2, 0) is 29.5 Å². The normalized spacial score (nSPS) is 15.3. The molecule has 0 saturated heterocycles. The highest BCUT2D eigenvalue weighted by molar-refractivity contribution is 7.89. The second-order valence-corrected chi connectivity index (χ2v) is 8.16. The van der Waals surface area contributed by atoms with Gasteiger partial charge >= 0.3 is 0 Å². The van der Waals surface area contributed by atoms with Gasteiger partial charge in [-0.05, 0) is 30.7 Å². The Morgan fingerprint density at radius 2 is 2.15 bits per heavy atom. The lowest BCUT2D eigenvalue weighted by atomic mass is 9.99. The zero-order valence-electron chi connectivity index (χ0n) is 14.3. The Bertz CT molecular complexity index is 1130. The Balaban J connectivity index is 1.61. The highest BCUT2D eigenvalue weighted by Crippen LogP contribution is 2.26. The largest absolute Gasteiger partial charge is 0.297 e. The van der Waals surface area contributed by atoms with Crippen molar-refractivity contribution in [2.75, 3.05) is 13.6 Å². The molecular weight excluding hydrogens is 354 g/mol. The minimum atomic E-state index is -3.47. The Morgan fingerprint density at radius 3 is 2.96 bits per heavy atom. The number of sulfonamides is 1. The molecule has 3 heterocycles. The molecule has 26 heavy (non-hydrogen) atoms. The van der Waals surface area contributed by atoms with Gasteiger partial charge in [0.1, 0.15) is 0 Å². The van der Waals surface area contributed by atoms with E-state index in [-0.39, 0.29) is 5.56 Å². The summed E-state index contributed by atoms with van der Waals surface area (Å²) >= 11 is 0. The monoisotopic (exact) mass is 373 g/mol. The molecule has 1 aromatic carbocycles. The minimum absolute atomic E-state index is 0.144. The van der Waals surface area contributed by atoms with Crippen LogP contribution in [0.2, 0.25) is 0 Å². The van der Waals surface area contributed by atoms with Crippen LogP contribution in [0.1, 0.15) is 16.8 Å². The van der Waals surface area contributed by atoms with Crippen molar-refractivity contribution in [3.05, 3.63) is 63.7 Å². The summed E-state index contributed by atoms with van der Waals surface area (Å²) in [4.78, 5) is 19.1. The van der Waals surface area contributed by atoms with Gasteiger partial charge in [-0.15, -0.1) is 0 Å². The van der Waals surface area contributed by atoms with Gasteiger partial charge in [0.2, 0.25) is 10.0 Å². The number of fused-ring (bicyclic) bond motifs is 2. The van der Waals surface area contributed by atoms with Crippen LogP contribution in [0.5, 0.6) is 0 Å². The molecule has 0 bridgehead atoms. The van der Waals surface area contributed by atoms with E-state index < -0.39 is 10.0 Å². The van der Waals surface area contributed by atoms with Crippen molar-refractivity contribution >= 4 is 15.7 Å². The molecule has 2 N–H and O–H groups in total. The van der Waals surface area contributed by atoms with Gasteiger partial charge in [0.25, 0.3) is 5.56 Å². The number of hydrogen-bond acceptors (Lipinski definition) is 5. The van der Waals surface area contributed by atoms with Crippen LogP contribution in [0, 0.1) is 0 Å². The van der Waals surface area contributed by atoms with Crippen molar-refractivity contribution < 1.29 is 8.42 Å². The van der Waals surface area contributed by atoms with E-state index in [0.29, 0.717) is 42.3 Å². The third-order valence-electron chi connectivity index (χ3n) is 4.68. The summed E-state index contributed by atoms with van der Waals surface area (Å²) in [5, 5.41) is 2.82. The second kappa shape index (κ2) is 6.35. The summed E-state index contributed by atoms with van der Waals surface area (Å²) in [6.07, 6.45) is 2.31. The number of nitrogens with one attached hydrogen (secondary N) is 2. The van der Waals surface area contributed by atoms with E-state index in [0.717, 1.165) is 11.1 Å². The maximum atomic E-state index is 12.2. The Hall–Kier alpha value is -2.49. The number of rotatable bonds is 4. The molecule has 9 heteroatoms. The molecule has 1 aliphatic heterocycles. The summed E-state index contributed by atoms with van der Waals surface area (Å²) in [5.41, 5.74) is 3.01. The first-order valence-electron chi connectivity index (χ1n) is 8.31. The van der Waals surface area contributed by atoms with Crippen molar-refractivity contribution in [3.8, 4) is 0 Å². The molecule has 2 aromatic heterocycles. The van der Waals surface area contributed by atoms with Crippen LogP contribution in [0.25, 0.3) is 5.65 Å². The molecule has 8 nitrogen and oxygen atoms in total. The Labute approximate surface area is 150 Å². The van der Waals surface area contributed by atoms with Gasteiger partial charge in [-0.1, -0.05) is 12.1 Å². The molecule has 3 aromatic rings. The van der Waals surface area contributed by atoms with Crippen LogP contribution in [0.3, 0.4) is 0 Å². The second-order valence-electron chi connectivity index (χ2n) is 6.30. The Morgan fingerprint density at radius 1 is 1.31 bits per heavy atom. The molecule has 0 radical (unpaired) electrons. The molecule has 0 atom stereocenters. The topological polar surface area (TPSA) is 99.6 Å². The third kappa shape index (κ3) is 2.94. The standard InChI is InChI=1S/C17H19N5O3S/c1-18-26(24,25)15-4-2-3-12-10-21(8-6-14(12)15)11-13-9-17(23)22-16(20-13)5-7-19-22/h2-5,7,9,18-19H,6,8,10-11H2,1H3. The molecule has 0 aliphatic carbocycles. The first kappa shape index (κ1) is 17.0.